The van der Waals surface area contributed by atoms with Crippen LogP contribution in [0, 0.1) is 11.3 Å². The summed E-state index contributed by atoms with van der Waals surface area (Å²) in [6.45, 7) is 1.34. The van der Waals surface area contributed by atoms with Crippen molar-refractivity contribution in [1.82, 2.24) is 9.88 Å². The Labute approximate surface area is 186 Å². The molecule has 1 aromatic heterocycles. The van der Waals surface area contributed by atoms with Crippen molar-refractivity contribution in [3.63, 3.8) is 0 Å². The largest absolute Gasteiger partial charge is 0.492 e. The number of benzene rings is 2. The van der Waals surface area contributed by atoms with Crippen molar-refractivity contribution in [3.05, 3.63) is 65.9 Å². The minimum atomic E-state index is -0.199. The minimum Gasteiger partial charge on any atom is -0.492 e. The Morgan fingerprint density at radius 2 is 2.12 bits per heavy atom. The number of rotatable bonds is 8. The first-order valence-electron chi connectivity index (χ1n) is 10.6. The Morgan fingerprint density at radius 1 is 1.25 bits per heavy atom. The van der Waals surface area contributed by atoms with Crippen LogP contribution in [0.4, 0.5) is 5.69 Å². The summed E-state index contributed by atoms with van der Waals surface area (Å²) in [4.78, 5) is 23.7. The molecule has 1 aliphatic rings. The highest BCUT2D eigenvalue weighted by atomic mass is 16.5. The molecule has 0 saturated carbocycles. The van der Waals surface area contributed by atoms with Gasteiger partial charge in [-0.3, -0.25) is 9.59 Å². The quantitative estimate of drug-likeness (QED) is 0.423. The maximum Gasteiger partial charge on any atom is 0.244 e. The van der Waals surface area contributed by atoms with E-state index in [1.807, 2.05) is 53.2 Å². The van der Waals surface area contributed by atoms with Crippen LogP contribution in [-0.4, -0.2) is 29.5 Å². The molecule has 2 amide bonds. The number of anilines is 1. The van der Waals surface area contributed by atoms with Crippen LogP contribution in [0.5, 0.6) is 5.75 Å². The van der Waals surface area contributed by atoms with Gasteiger partial charge in [0, 0.05) is 47.4 Å². The lowest BCUT2D eigenvalue weighted by Crippen LogP contribution is -2.26. The molecule has 0 saturated heterocycles. The number of amides is 2. The average molecular weight is 428 g/mol. The first-order valence-corrected chi connectivity index (χ1v) is 10.6. The van der Waals surface area contributed by atoms with Gasteiger partial charge in [0.15, 0.2) is 0 Å². The first-order chi connectivity index (χ1) is 15.6. The fourth-order valence-electron chi connectivity index (χ4n) is 3.78. The second-order valence-electron chi connectivity index (χ2n) is 7.54. The van der Waals surface area contributed by atoms with Gasteiger partial charge in [-0.25, -0.2) is 0 Å². The van der Waals surface area contributed by atoms with Crippen LogP contribution >= 0.6 is 0 Å². The fourth-order valence-corrected chi connectivity index (χ4v) is 3.78. The lowest BCUT2D eigenvalue weighted by molar-refractivity contribution is -0.117. The van der Waals surface area contributed by atoms with Crippen molar-refractivity contribution in [2.45, 2.75) is 25.8 Å². The predicted molar refractivity (Wildman–Crippen MR) is 123 cm³/mol. The smallest absolute Gasteiger partial charge is 0.244 e. The number of hydrogen-bond acceptors (Lipinski definition) is 4. The number of carbonyl (C=O) groups excluding carboxylic acids is 2. The Morgan fingerprint density at radius 3 is 3.00 bits per heavy atom. The third-order valence-corrected chi connectivity index (χ3v) is 5.34. The number of carbonyl (C=O) groups is 2. The molecule has 0 atom stereocenters. The monoisotopic (exact) mass is 428 g/mol. The number of aryl methyl sites for hydroxylation is 2. The molecule has 0 aliphatic carbocycles. The van der Waals surface area contributed by atoms with E-state index in [4.69, 9.17) is 10.00 Å². The van der Waals surface area contributed by atoms with E-state index in [0.717, 1.165) is 33.5 Å². The van der Waals surface area contributed by atoms with E-state index in [0.29, 0.717) is 39.0 Å². The average Bonchev–Trinajstić information content (AvgIpc) is 3.17. The predicted octanol–water partition coefficient (Wildman–Crippen LogP) is 3.65. The van der Waals surface area contributed by atoms with Gasteiger partial charge in [0.25, 0.3) is 0 Å². The molecule has 0 fully saturated rings. The SMILES string of the molecule is N#CCCn1cc(/C=C/C(=O)NCCOc2ccc3c(c2)CCC(=O)N3)c2ccccc21. The summed E-state index contributed by atoms with van der Waals surface area (Å²) in [6, 6.07) is 15.7. The van der Waals surface area contributed by atoms with Gasteiger partial charge in [-0.15, -0.1) is 0 Å². The van der Waals surface area contributed by atoms with Crippen molar-refractivity contribution >= 4 is 34.5 Å². The maximum atomic E-state index is 12.2. The summed E-state index contributed by atoms with van der Waals surface area (Å²) in [5.41, 5.74) is 3.87. The van der Waals surface area contributed by atoms with Crippen LogP contribution in [0.3, 0.4) is 0 Å². The molecular weight excluding hydrogens is 404 g/mol. The van der Waals surface area contributed by atoms with Crippen LogP contribution in [0.15, 0.2) is 54.7 Å². The Bertz CT molecular complexity index is 1220. The molecule has 2 N–H and O–H groups in total. The highest BCUT2D eigenvalue weighted by molar-refractivity contribution is 5.96. The topological polar surface area (TPSA) is 96.2 Å². The molecule has 7 nitrogen and oxygen atoms in total. The summed E-state index contributed by atoms with van der Waals surface area (Å²) in [7, 11) is 0. The normalized spacial score (nSPS) is 12.9. The molecule has 4 rings (SSSR count). The molecule has 162 valence electrons. The van der Waals surface area contributed by atoms with Crippen molar-refractivity contribution in [2.24, 2.45) is 0 Å². The number of fused-ring (bicyclic) bond motifs is 2. The number of nitriles is 1. The van der Waals surface area contributed by atoms with Gasteiger partial charge >= 0.3 is 0 Å². The van der Waals surface area contributed by atoms with Crippen LogP contribution in [-0.2, 0) is 22.6 Å². The lowest BCUT2D eigenvalue weighted by Gasteiger charge is -2.17. The summed E-state index contributed by atoms with van der Waals surface area (Å²) in [6.07, 6.45) is 6.88. The maximum absolute atomic E-state index is 12.2. The molecule has 7 heteroatoms. The van der Waals surface area contributed by atoms with E-state index < -0.39 is 0 Å². The molecule has 32 heavy (non-hydrogen) atoms. The fraction of sp³-hybridized carbons (Fsp3) is 0.240. The molecule has 0 unspecified atom stereocenters. The molecule has 0 spiro atoms. The van der Waals surface area contributed by atoms with Gasteiger partial charge in [0.05, 0.1) is 19.0 Å². The zero-order chi connectivity index (χ0) is 22.3. The van der Waals surface area contributed by atoms with Crippen LogP contribution in [0.1, 0.15) is 24.0 Å². The van der Waals surface area contributed by atoms with Gasteiger partial charge in [-0.05, 0) is 42.3 Å². The molecule has 0 bridgehead atoms. The Hall–Kier alpha value is -4.05. The lowest BCUT2D eigenvalue weighted by atomic mass is 10.0. The number of para-hydroxylation sites is 1. The van der Waals surface area contributed by atoms with E-state index in [9.17, 15) is 9.59 Å². The van der Waals surface area contributed by atoms with Gasteiger partial charge in [-0.2, -0.15) is 5.26 Å². The number of nitrogens with zero attached hydrogens (tertiary/aromatic N) is 2. The molecule has 2 heterocycles. The standard InChI is InChI=1S/C25H24N4O3/c26-12-3-14-29-17-19(21-4-1-2-5-23(21)29)7-10-24(30)27-13-15-32-20-8-9-22-18(16-20)6-11-25(31)28-22/h1-2,4-5,7-10,16-17H,3,6,11,13-15H2,(H,27,30)(H,28,31)/b10-7+. The summed E-state index contributed by atoms with van der Waals surface area (Å²) < 4.78 is 7.77. The van der Waals surface area contributed by atoms with E-state index in [1.165, 1.54) is 6.08 Å². The third kappa shape index (κ3) is 4.98. The van der Waals surface area contributed by atoms with Crippen molar-refractivity contribution < 1.29 is 14.3 Å². The molecule has 2 aromatic carbocycles. The van der Waals surface area contributed by atoms with E-state index in [-0.39, 0.29) is 11.8 Å². The number of aromatic nitrogens is 1. The van der Waals surface area contributed by atoms with Gasteiger partial charge in [0.2, 0.25) is 11.8 Å². The van der Waals surface area contributed by atoms with Gasteiger partial charge in [-0.1, -0.05) is 18.2 Å². The number of ether oxygens (including phenoxy) is 1. The van der Waals surface area contributed by atoms with Crippen molar-refractivity contribution in [3.8, 4) is 11.8 Å². The zero-order valence-electron chi connectivity index (χ0n) is 17.6. The first kappa shape index (κ1) is 21.2. The third-order valence-electron chi connectivity index (χ3n) is 5.34. The summed E-state index contributed by atoms with van der Waals surface area (Å²) >= 11 is 0. The van der Waals surface area contributed by atoms with Crippen LogP contribution < -0.4 is 15.4 Å². The number of nitrogens with one attached hydrogen (secondary N) is 2. The van der Waals surface area contributed by atoms with Crippen LogP contribution in [0.2, 0.25) is 0 Å². The van der Waals surface area contributed by atoms with Crippen molar-refractivity contribution in [1.29, 1.82) is 5.26 Å². The molecular formula is C25H24N4O3. The summed E-state index contributed by atoms with van der Waals surface area (Å²) in [5.74, 6) is 0.555. The second-order valence-corrected chi connectivity index (χ2v) is 7.54. The Balaban J connectivity index is 1.29. The zero-order valence-corrected chi connectivity index (χ0v) is 17.6. The van der Waals surface area contributed by atoms with Gasteiger partial charge in [0.1, 0.15) is 12.4 Å². The highest BCUT2D eigenvalue weighted by Gasteiger charge is 2.15. The minimum absolute atomic E-state index is 0.0358. The van der Waals surface area contributed by atoms with E-state index in [2.05, 4.69) is 16.7 Å². The molecule has 1 aliphatic heterocycles. The molecule has 3 aromatic rings. The summed E-state index contributed by atoms with van der Waals surface area (Å²) in [5, 5.41) is 15.6. The van der Waals surface area contributed by atoms with Crippen LogP contribution in [0.25, 0.3) is 17.0 Å². The van der Waals surface area contributed by atoms with E-state index >= 15 is 0 Å². The second kappa shape index (κ2) is 9.84. The Kier molecular flexibility index (Phi) is 6.52. The highest BCUT2D eigenvalue weighted by Crippen LogP contribution is 2.26. The van der Waals surface area contributed by atoms with Crippen molar-refractivity contribution in [2.75, 3.05) is 18.5 Å². The number of hydrogen-bond donors (Lipinski definition) is 2. The van der Waals surface area contributed by atoms with E-state index in [1.54, 1.807) is 6.08 Å². The van der Waals surface area contributed by atoms with Gasteiger partial charge < -0.3 is 19.9 Å². The molecule has 0 radical (unpaired) electrons.